The highest BCUT2D eigenvalue weighted by atomic mass is 16.1. The Balaban J connectivity index is 3.37. The first-order valence-corrected chi connectivity index (χ1v) is 4.62. The van der Waals surface area contributed by atoms with Crippen molar-refractivity contribution >= 4 is 5.91 Å². The number of hydrogen-bond donors (Lipinski definition) is 1. The summed E-state index contributed by atoms with van der Waals surface area (Å²) >= 11 is 0. The van der Waals surface area contributed by atoms with Gasteiger partial charge in [-0.2, -0.15) is 5.26 Å². The standard InChI is InChI=1S/C11H14N2O/c1-6(2)9-8(5-12)11(14)13-10(9)7(3)4/h6H,1-4H3,(H,13,14). The zero-order valence-corrected chi connectivity index (χ0v) is 8.93. The van der Waals surface area contributed by atoms with Crippen molar-refractivity contribution in [1.29, 1.82) is 5.26 Å². The van der Waals surface area contributed by atoms with E-state index in [1.165, 1.54) is 0 Å². The first kappa shape index (κ1) is 10.5. The number of carbonyl (C=O) groups excluding carboxylic acids is 1. The highest BCUT2D eigenvalue weighted by Crippen LogP contribution is 2.28. The summed E-state index contributed by atoms with van der Waals surface area (Å²) < 4.78 is 0. The number of hydrogen-bond acceptors (Lipinski definition) is 2. The second kappa shape index (κ2) is 3.67. The predicted octanol–water partition coefficient (Wildman–Crippen LogP) is 1.89. The number of allylic oxidation sites excluding steroid dienone is 2. The molecule has 74 valence electrons. The van der Waals surface area contributed by atoms with Gasteiger partial charge in [-0.3, -0.25) is 4.79 Å². The van der Waals surface area contributed by atoms with Crippen molar-refractivity contribution in [2.24, 2.45) is 5.92 Å². The van der Waals surface area contributed by atoms with Crippen LogP contribution in [0.2, 0.25) is 0 Å². The second-order valence-corrected chi connectivity index (χ2v) is 3.88. The van der Waals surface area contributed by atoms with Crippen molar-refractivity contribution < 1.29 is 4.79 Å². The van der Waals surface area contributed by atoms with Gasteiger partial charge in [-0.05, 0) is 19.8 Å². The van der Waals surface area contributed by atoms with Crippen molar-refractivity contribution in [3.05, 3.63) is 22.4 Å². The van der Waals surface area contributed by atoms with Gasteiger partial charge in [0.15, 0.2) is 0 Å². The average molecular weight is 190 g/mol. The van der Waals surface area contributed by atoms with E-state index in [1.54, 1.807) is 0 Å². The normalized spacial score (nSPS) is 16.0. The van der Waals surface area contributed by atoms with Crippen LogP contribution in [0, 0.1) is 17.2 Å². The molecule has 0 saturated heterocycles. The smallest absolute Gasteiger partial charge is 0.266 e. The Morgan fingerprint density at radius 3 is 2.36 bits per heavy atom. The molecule has 0 atom stereocenters. The fourth-order valence-corrected chi connectivity index (χ4v) is 1.57. The van der Waals surface area contributed by atoms with E-state index in [2.05, 4.69) is 5.32 Å². The summed E-state index contributed by atoms with van der Waals surface area (Å²) in [5.74, 6) is -0.0825. The lowest BCUT2D eigenvalue weighted by Gasteiger charge is -2.10. The zero-order chi connectivity index (χ0) is 10.9. The molecule has 3 nitrogen and oxygen atoms in total. The van der Waals surface area contributed by atoms with Crippen LogP contribution in [0.25, 0.3) is 0 Å². The minimum Gasteiger partial charge on any atom is -0.321 e. The molecule has 0 aliphatic carbocycles. The summed E-state index contributed by atoms with van der Waals surface area (Å²) in [5, 5.41) is 11.6. The molecule has 0 radical (unpaired) electrons. The van der Waals surface area contributed by atoms with E-state index in [0.717, 1.165) is 16.8 Å². The molecule has 0 bridgehead atoms. The SMILES string of the molecule is CC(C)=C1NC(=O)C(C#N)=C1C(C)C. The first-order chi connectivity index (χ1) is 6.49. The molecule has 1 heterocycles. The molecule has 0 saturated carbocycles. The highest BCUT2D eigenvalue weighted by Gasteiger charge is 2.29. The Labute approximate surface area is 84.1 Å². The van der Waals surface area contributed by atoms with Crippen molar-refractivity contribution in [2.75, 3.05) is 0 Å². The Kier molecular flexibility index (Phi) is 2.76. The third-order valence-corrected chi connectivity index (χ3v) is 2.19. The quantitative estimate of drug-likeness (QED) is 0.686. The molecule has 1 aliphatic heterocycles. The Morgan fingerprint density at radius 1 is 1.43 bits per heavy atom. The summed E-state index contributed by atoms with van der Waals surface area (Å²) in [6, 6.07) is 1.96. The lowest BCUT2D eigenvalue weighted by atomic mass is 9.96. The van der Waals surface area contributed by atoms with Gasteiger partial charge in [0.25, 0.3) is 5.91 Å². The molecule has 14 heavy (non-hydrogen) atoms. The van der Waals surface area contributed by atoms with Crippen LogP contribution in [0.15, 0.2) is 22.4 Å². The topological polar surface area (TPSA) is 52.9 Å². The molecule has 0 spiro atoms. The average Bonchev–Trinajstić information content (AvgIpc) is 2.42. The van der Waals surface area contributed by atoms with E-state index in [-0.39, 0.29) is 17.4 Å². The van der Waals surface area contributed by atoms with E-state index in [0.29, 0.717) is 0 Å². The molecule has 0 aromatic heterocycles. The van der Waals surface area contributed by atoms with Crippen molar-refractivity contribution in [3.63, 3.8) is 0 Å². The van der Waals surface area contributed by atoms with Gasteiger partial charge in [-0.15, -0.1) is 0 Å². The third kappa shape index (κ3) is 1.56. The Bertz CT molecular complexity index is 377. The van der Waals surface area contributed by atoms with Crippen molar-refractivity contribution in [2.45, 2.75) is 27.7 Å². The van der Waals surface area contributed by atoms with E-state index >= 15 is 0 Å². The van der Waals surface area contributed by atoms with Crippen LogP contribution in [-0.4, -0.2) is 5.91 Å². The molecule has 0 aromatic rings. The van der Waals surface area contributed by atoms with Gasteiger partial charge in [0.2, 0.25) is 0 Å². The van der Waals surface area contributed by atoms with Gasteiger partial charge < -0.3 is 5.32 Å². The number of amides is 1. The van der Waals surface area contributed by atoms with Crippen LogP contribution in [0.3, 0.4) is 0 Å². The molecule has 0 unspecified atom stereocenters. The molecule has 3 heteroatoms. The van der Waals surface area contributed by atoms with Crippen molar-refractivity contribution in [1.82, 2.24) is 5.32 Å². The maximum Gasteiger partial charge on any atom is 0.266 e. The number of rotatable bonds is 1. The second-order valence-electron chi connectivity index (χ2n) is 3.88. The summed E-state index contributed by atoms with van der Waals surface area (Å²) in [6.07, 6.45) is 0. The lowest BCUT2D eigenvalue weighted by Crippen LogP contribution is -2.17. The van der Waals surface area contributed by atoms with Gasteiger partial charge in [0.05, 0.1) is 0 Å². The van der Waals surface area contributed by atoms with Crippen LogP contribution in [0.5, 0.6) is 0 Å². The molecule has 1 aliphatic rings. The zero-order valence-electron chi connectivity index (χ0n) is 8.93. The van der Waals surface area contributed by atoms with Gasteiger partial charge in [-0.25, -0.2) is 0 Å². The summed E-state index contributed by atoms with van der Waals surface area (Å²) in [6.45, 7) is 7.82. The fourth-order valence-electron chi connectivity index (χ4n) is 1.57. The van der Waals surface area contributed by atoms with E-state index in [9.17, 15) is 4.79 Å². The van der Waals surface area contributed by atoms with Crippen LogP contribution in [0.1, 0.15) is 27.7 Å². The predicted molar refractivity (Wildman–Crippen MR) is 54.0 cm³/mol. The number of carbonyl (C=O) groups is 1. The molecule has 1 rings (SSSR count). The summed E-state index contributed by atoms with van der Waals surface area (Å²) in [7, 11) is 0. The van der Waals surface area contributed by atoms with E-state index in [4.69, 9.17) is 5.26 Å². The lowest BCUT2D eigenvalue weighted by molar-refractivity contribution is -0.115. The molecule has 1 amide bonds. The largest absolute Gasteiger partial charge is 0.321 e. The first-order valence-electron chi connectivity index (χ1n) is 4.62. The number of nitrogens with one attached hydrogen (secondary N) is 1. The Hall–Kier alpha value is -1.56. The molecule has 0 fully saturated rings. The Morgan fingerprint density at radius 2 is 2.00 bits per heavy atom. The molecule has 0 aromatic carbocycles. The fraction of sp³-hybridized carbons (Fsp3) is 0.455. The number of nitrogens with zero attached hydrogens (tertiary/aromatic N) is 1. The van der Waals surface area contributed by atoms with E-state index in [1.807, 2.05) is 33.8 Å². The maximum atomic E-state index is 11.4. The van der Waals surface area contributed by atoms with Gasteiger partial charge in [0.1, 0.15) is 11.6 Å². The summed E-state index contributed by atoms with van der Waals surface area (Å²) in [4.78, 5) is 11.4. The van der Waals surface area contributed by atoms with Crippen LogP contribution in [-0.2, 0) is 4.79 Å². The van der Waals surface area contributed by atoms with E-state index < -0.39 is 0 Å². The van der Waals surface area contributed by atoms with Gasteiger partial charge in [0, 0.05) is 11.3 Å². The molecular weight excluding hydrogens is 176 g/mol. The van der Waals surface area contributed by atoms with Crippen molar-refractivity contribution in [3.8, 4) is 6.07 Å². The molecule has 1 N–H and O–H groups in total. The van der Waals surface area contributed by atoms with Gasteiger partial charge >= 0.3 is 0 Å². The van der Waals surface area contributed by atoms with Crippen LogP contribution < -0.4 is 5.32 Å². The van der Waals surface area contributed by atoms with Crippen LogP contribution in [0.4, 0.5) is 0 Å². The van der Waals surface area contributed by atoms with Crippen LogP contribution >= 0.6 is 0 Å². The summed E-state index contributed by atoms with van der Waals surface area (Å²) in [5.41, 5.74) is 2.96. The maximum absolute atomic E-state index is 11.4. The highest BCUT2D eigenvalue weighted by molar-refractivity contribution is 6.03. The third-order valence-electron chi connectivity index (χ3n) is 2.19. The molecular formula is C11H14N2O. The number of nitriles is 1. The minimum absolute atomic E-state index is 0.188. The minimum atomic E-state index is -0.271. The van der Waals surface area contributed by atoms with Gasteiger partial charge in [-0.1, -0.05) is 19.4 Å². The monoisotopic (exact) mass is 190 g/mol.